The van der Waals surface area contributed by atoms with Crippen LogP contribution < -0.4 is 10.2 Å². The Morgan fingerprint density at radius 2 is 2.40 bits per heavy atom. The van der Waals surface area contributed by atoms with Gasteiger partial charge in [0.1, 0.15) is 0 Å². The topological polar surface area (TPSA) is 48.3 Å². The summed E-state index contributed by atoms with van der Waals surface area (Å²) in [5, 5.41) is 13.1. The van der Waals surface area contributed by atoms with Crippen molar-refractivity contribution in [2.75, 3.05) is 31.1 Å². The molecule has 1 saturated heterocycles. The second kappa shape index (κ2) is 6.94. The summed E-state index contributed by atoms with van der Waals surface area (Å²) < 4.78 is 5.36. The van der Waals surface area contributed by atoms with Crippen LogP contribution in [0.4, 0.5) is 5.69 Å². The fraction of sp³-hybridized carbons (Fsp3) is 0.533. The third-order valence-electron chi connectivity index (χ3n) is 3.54. The number of nitrogens with zero attached hydrogens (tertiary/aromatic N) is 2. The molecule has 0 radical (unpaired) electrons. The van der Waals surface area contributed by atoms with Gasteiger partial charge in [-0.05, 0) is 31.2 Å². The highest BCUT2D eigenvalue weighted by Crippen LogP contribution is 2.28. The van der Waals surface area contributed by atoms with Crippen LogP contribution in [0.25, 0.3) is 0 Å². The van der Waals surface area contributed by atoms with Gasteiger partial charge in [0.05, 0.1) is 19.2 Å². The zero-order chi connectivity index (χ0) is 14.5. The molecule has 108 valence electrons. The van der Waals surface area contributed by atoms with Gasteiger partial charge in [0, 0.05) is 23.3 Å². The molecule has 0 bridgehead atoms. The molecule has 1 aliphatic heterocycles. The Kier molecular flexibility index (Phi) is 5.24. The lowest BCUT2D eigenvalue weighted by molar-refractivity contribution is 0.0764. The van der Waals surface area contributed by atoms with Gasteiger partial charge in [-0.15, -0.1) is 0 Å². The molecule has 4 nitrogen and oxygen atoms in total. The standard InChI is InChI=1S/C15H20ClN3O/c1-3-18-11(2)14-5-4-12(8-15(14)16)19-6-7-20-13(9-17)10-19/h4-5,8,11,13,18H,3,6-7,10H2,1-2H3. The minimum Gasteiger partial charge on any atom is -0.365 e. The van der Waals surface area contributed by atoms with Crippen LogP contribution in [0.3, 0.4) is 0 Å². The van der Waals surface area contributed by atoms with Crippen molar-refractivity contribution in [2.24, 2.45) is 0 Å². The van der Waals surface area contributed by atoms with Crippen LogP contribution in [0, 0.1) is 11.3 Å². The summed E-state index contributed by atoms with van der Waals surface area (Å²) in [6.45, 7) is 7.04. The number of nitrogens with one attached hydrogen (secondary N) is 1. The van der Waals surface area contributed by atoms with Crippen LogP contribution in [0.1, 0.15) is 25.5 Å². The van der Waals surface area contributed by atoms with Gasteiger partial charge < -0.3 is 15.0 Å². The molecule has 0 aliphatic carbocycles. The molecule has 0 saturated carbocycles. The van der Waals surface area contributed by atoms with Gasteiger partial charge in [-0.2, -0.15) is 5.26 Å². The van der Waals surface area contributed by atoms with Crippen LogP contribution in [-0.4, -0.2) is 32.3 Å². The molecule has 0 aromatic heterocycles. The zero-order valence-electron chi connectivity index (χ0n) is 11.9. The van der Waals surface area contributed by atoms with Crippen molar-refractivity contribution >= 4 is 17.3 Å². The number of benzene rings is 1. The average molecular weight is 294 g/mol. The van der Waals surface area contributed by atoms with Crippen LogP contribution in [0.2, 0.25) is 5.02 Å². The van der Waals surface area contributed by atoms with E-state index in [0.29, 0.717) is 13.2 Å². The van der Waals surface area contributed by atoms with Crippen molar-refractivity contribution in [3.05, 3.63) is 28.8 Å². The van der Waals surface area contributed by atoms with E-state index in [2.05, 4.69) is 42.3 Å². The summed E-state index contributed by atoms with van der Waals surface area (Å²) in [5.41, 5.74) is 2.15. The van der Waals surface area contributed by atoms with E-state index in [1.54, 1.807) is 0 Å². The van der Waals surface area contributed by atoms with Crippen LogP contribution in [0.5, 0.6) is 0 Å². The smallest absolute Gasteiger partial charge is 0.161 e. The molecule has 1 fully saturated rings. The monoisotopic (exact) mass is 293 g/mol. The highest BCUT2D eigenvalue weighted by atomic mass is 35.5. The zero-order valence-corrected chi connectivity index (χ0v) is 12.7. The number of anilines is 1. The van der Waals surface area contributed by atoms with Gasteiger partial charge in [0.2, 0.25) is 0 Å². The van der Waals surface area contributed by atoms with Crippen molar-refractivity contribution in [2.45, 2.75) is 26.0 Å². The van der Waals surface area contributed by atoms with E-state index in [4.69, 9.17) is 21.6 Å². The lowest BCUT2D eigenvalue weighted by Crippen LogP contribution is -2.41. The Morgan fingerprint density at radius 3 is 3.05 bits per heavy atom. The summed E-state index contributed by atoms with van der Waals surface area (Å²) in [7, 11) is 0. The largest absolute Gasteiger partial charge is 0.365 e. The van der Waals surface area contributed by atoms with Crippen molar-refractivity contribution < 1.29 is 4.74 Å². The highest BCUT2D eigenvalue weighted by Gasteiger charge is 2.21. The number of rotatable bonds is 4. The molecule has 1 aliphatic rings. The first kappa shape index (κ1) is 15.1. The van der Waals surface area contributed by atoms with Crippen LogP contribution in [0.15, 0.2) is 18.2 Å². The number of hydrogen-bond donors (Lipinski definition) is 1. The van der Waals surface area contributed by atoms with Gasteiger partial charge in [0.25, 0.3) is 0 Å². The SMILES string of the molecule is CCNC(C)c1ccc(N2CCOC(C#N)C2)cc1Cl. The molecule has 2 rings (SSSR count). The molecule has 1 aromatic carbocycles. The number of morpholine rings is 1. The average Bonchev–Trinajstić information content (AvgIpc) is 2.47. The number of nitriles is 1. The maximum absolute atomic E-state index is 8.95. The third-order valence-corrected chi connectivity index (χ3v) is 3.86. The first-order chi connectivity index (χ1) is 9.65. The number of halogens is 1. The molecule has 2 unspecified atom stereocenters. The molecule has 1 heterocycles. The van der Waals surface area contributed by atoms with Gasteiger partial charge in [-0.3, -0.25) is 0 Å². The molecule has 0 spiro atoms. The van der Waals surface area contributed by atoms with Gasteiger partial charge in [-0.1, -0.05) is 24.6 Å². The molecular formula is C15H20ClN3O. The maximum Gasteiger partial charge on any atom is 0.161 e. The van der Waals surface area contributed by atoms with E-state index in [1.807, 2.05) is 6.07 Å². The number of ether oxygens (including phenoxy) is 1. The molecular weight excluding hydrogens is 274 g/mol. The van der Waals surface area contributed by atoms with E-state index >= 15 is 0 Å². The summed E-state index contributed by atoms with van der Waals surface area (Å²) in [5.74, 6) is 0. The van der Waals surface area contributed by atoms with Crippen molar-refractivity contribution in [1.29, 1.82) is 5.26 Å². The van der Waals surface area contributed by atoms with Crippen molar-refractivity contribution in [1.82, 2.24) is 5.32 Å². The molecule has 1 N–H and O–H groups in total. The molecule has 5 heteroatoms. The molecule has 2 atom stereocenters. The maximum atomic E-state index is 8.95. The normalized spacial score (nSPS) is 20.5. The van der Waals surface area contributed by atoms with E-state index in [-0.39, 0.29) is 12.1 Å². The third kappa shape index (κ3) is 3.43. The molecule has 0 amide bonds. The Bertz CT molecular complexity index is 500. The summed E-state index contributed by atoms with van der Waals surface area (Å²) >= 11 is 6.39. The van der Waals surface area contributed by atoms with Gasteiger partial charge in [0.15, 0.2) is 6.10 Å². The fourth-order valence-corrected chi connectivity index (χ4v) is 2.78. The Labute approximate surface area is 125 Å². The molecule has 20 heavy (non-hydrogen) atoms. The first-order valence-electron chi connectivity index (χ1n) is 6.94. The minimum atomic E-state index is -0.358. The summed E-state index contributed by atoms with van der Waals surface area (Å²) in [6.07, 6.45) is -0.358. The predicted octanol–water partition coefficient (Wildman–Crippen LogP) is 2.74. The Hall–Kier alpha value is -1.28. The second-order valence-electron chi connectivity index (χ2n) is 4.92. The number of hydrogen-bond acceptors (Lipinski definition) is 4. The quantitative estimate of drug-likeness (QED) is 0.927. The Morgan fingerprint density at radius 1 is 1.60 bits per heavy atom. The lowest BCUT2D eigenvalue weighted by atomic mass is 10.1. The highest BCUT2D eigenvalue weighted by molar-refractivity contribution is 6.31. The lowest BCUT2D eigenvalue weighted by Gasteiger charge is -2.32. The van der Waals surface area contributed by atoms with E-state index < -0.39 is 0 Å². The van der Waals surface area contributed by atoms with Crippen molar-refractivity contribution in [3.63, 3.8) is 0 Å². The fourth-order valence-electron chi connectivity index (χ4n) is 2.44. The first-order valence-corrected chi connectivity index (χ1v) is 7.32. The molecule has 1 aromatic rings. The second-order valence-corrected chi connectivity index (χ2v) is 5.33. The predicted molar refractivity (Wildman–Crippen MR) is 81.1 cm³/mol. The van der Waals surface area contributed by atoms with Gasteiger partial charge >= 0.3 is 0 Å². The van der Waals surface area contributed by atoms with E-state index in [1.165, 1.54) is 0 Å². The van der Waals surface area contributed by atoms with E-state index in [0.717, 1.165) is 29.4 Å². The van der Waals surface area contributed by atoms with Gasteiger partial charge in [-0.25, -0.2) is 0 Å². The summed E-state index contributed by atoms with van der Waals surface area (Å²) in [4.78, 5) is 2.14. The van der Waals surface area contributed by atoms with E-state index in [9.17, 15) is 0 Å². The Balaban J connectivity index is 2.14. The van der Waals surface area contributed by atoms with Crippen molar-refractivity contribution in [3.8, 4) is 6.07 Å². The summed E-state index contributed by atoms with van der Waals surface area (Å²) in [6, 6.07) is 8.49. The van der Waals surface area contributed by atoms with Crippen LogP contribution in [-0.2, 0) is 4.74 Å². The minimum absolute atomic E-state index is 0.234. The van der Waals surface area contributed by atoms with Crippen LogP contribution >= 0.6 is 11.6 Å².